The second kappa shape index (κ2) is 7.75. The van der Waals surface area contributed by atoms with E-state index in [1.165, 1.54) is 0 Å². The molecule has 1 spiro atoms. The third-order valence-electron chi connectivity index (χ3n) is 7.47. The van der Waals surface area contributed by atoms with E-state index >= 15 is 0 Å². The van der Waals surface area contributed by atoms with Gasteiger partial charge < -0.3 is 19.1 Å². The zero-order valence-corrected chi connectivity index (χ0v) is 18.5. The Balaban J connectivity index is 1.45. The predicted molar refractivity (Wildman–Crippen MR) is 117 cm³/mol. The van der Waals surface area contributed by atoms with E-state index in [-0.39, 0.29) is 17.5 Å². The number of carbonyl (C=O) groups is 1. The number of hydrogen-bond donors (Lipinski definition) is 0. The Hall–Kier alpha value is -2.73. The Morgan fingerprint density at radius 1 is 1.00 bits per heavy atom. The largest absolute Gasteiger partial charge is 0.496 e. The number of ether oxygens (including phenoxy) is 3. The highest BCUT2D eigenvalue weighted by Crippen LogP contribution is 2.57. The highest BCUT2D eigenvalue weighted by molar-refractivity contribution is 5.90. The van der Waals surface area contributed by atoms with Gasteiger partial charge >= 0.3 is 0 Å². The van der Waals surface area contributed by atoms with Gasteiger partial charge in [0.05, 0.1) is 21.3 Å². The lowest BCUT2D eigenvalue weighted by molar-refractivity contribution is -0.137. The van der Waals surface area contributed by atoms with E-state index in [0.717, 1.165) is 60.7 Å². The van der Waals surface area contributed by atoms with E-state index in [1.54, 1.807) is 21.3 Å². The molecular formula is C25H30N2O4. The molecule has 3 fully saturated rings. The first-order chi connectivity index (χ1) is 15.1. The minimum absolute atomic E-state index is 0.176. The predicted octanol–water partition coefficient (Wildman–Crippen LogP) is 3.65. The fourth-order valence-electron chi connectivity index (χ4n) is 6.22. The molecule has 0 bridgehead atoms. The van der Waals surface area contributed by atoms with Crippen molar-refractivity contribution in [2.45, 2.75) is 37.4 Å². The molecule has 3 aliphatic rings. The number of benzene rings is 2. The van der Waals surface area contributed by atoms with Crippen LogP contribution in [0.15, 0.2) is 42.5 Å². The van der Waals surface area contributed by atoms with Crippen LogP contribution in [-0.4, -0.2) is 55.7 Å². The Labute approximate surface area is 183 Å². The third kappa shape index (κ3) is 2.92. The van der Waals surface area contributed by atoms with E-state index in [0.29, 0.717) is 12.5 Å². The fourth-order valence-corrected chi connectivity index (χ4v) is 6.22. The lowest BCUT2D eigenvalue weighted by Gasteiger charge is -2.34. The molecule has 2 aromatic rings. The molecule has 0 unspecified atom stereocenters. The molecule has 0 radical (unpaired) electrons. The van der Waals surface area contributed by atoms with Gasteiger partial charge in [0.1, 0.15) is 11.3 Å². The summed E-state index contributed by atoms with van der Waals surface area (Å²) in [6, 6.07) is 14.2. The molecule has 0 N–H and O–H groups in total. The van der Waals surface area contributed by atoms with E-state index in [4.69, 9.17) is 14.2 Å². The van der Waals surface area contributed by atoms with Crippen LogP contribution in [0.25, 0.3) is 0 Å². The average molecular weight is 423 g/mol. The van der Waals surface area contributed by atoms with Crippen LogP contribution in [0.3, 0.4) is 0 Å². The number of nitrogens with zero attached hydrogens (tertiary/aromatic N) is 2. The highest BCUT2D eigenvalue weighted by atomic mass is 16.5. The second-order valence-electron chi connectivity index (χ2n) is 8.75. The van der Waals surface area contributed by atoms with Gasteiger partial charge in [-0.2, -0.15) is 0 Å². The number of methoxy groups -OCH3 is 3. The summed E-state index contributed by atoms with van der Waals surface area (Å²) in [6.07, 6.45) is 2.94. The van der Waals surface area contributed by atoms with E-state index in [1.807, 2.05) is 41.3 Å². The lowest BCUT2D eigenvalue weighted by Crippen LogP contribution is -2.49. The number of hydrogen-bond acceptors (Lipinski definition) is 5. The fraction of sp³-hybridized carbons (Fsp3) is 0.480. The van der Waals surface area contributed by atoms with Crippen molar-refractivity contribution in [3.05, 3.63) is 53.6 Å². The molecule has 5 rings (SSSR count). The zero-order chi connectivity index (χ0) is 21.6. The van der Waals surface area contributed by atoms with Crippen LogP contribution in [0.4, 0.5) is 0 Å². The summed E-state index contributed by atoms with van der Waals surface area (Å²) >= 11 is 0. The molecule has 0 aromatic heterocycles. The Kier molecular flexibility index (Phi) is 5.05. The van der Waals surface area contributed by atoms with Crippen LogP contribution in [0.2, 0.25) is 0 Å². The van der Waals surface area contributed by atoms with Crippen LogP contribution in [-0.2, 0) is 11.3 Å². The molecule has 3 heterocycles. The van der Waals surface area contributed by atoms with Gasteiger partial charge in [-0.1, -0.05) is 30.3 Å². The molecule has 31 heavy (non-hydrogen) atoms. The van der Waals surface area contributed by atoms with Crippen molar-refractivity contribution in [2.75, 3.05) is 34.4 Å². The molecule has 164 valence electrons. The zero-order valence-electron chi connectivity index (χ0n) is 18.5. The van der Waals surface area contributed by atoms with Crippen molar-refractivity contribution < 1.29 is 19.0 Å². The maximum Gasteiger partial charge on any atom is 0.243 e. The van der Waals surface area contributed by atoms with Gasteiger partial charge in [0.25, 0.3) is 0 Å². The van der Waals surface area contributed by atoms with Crippen molar-refractivity contribution in [1.29, 1.82) is 0 Å². The van der Waals surface area contributed by atoms with Crippen LogP contribution in [0.5, 0.6) is 17.2 Å². The van der Waals surface area contributed by atoms with Crippen molar-refractivity contribution in [3.8, 4) is 17.2 Å². The third-order valence-corrected chi connectivity index (χ3v) is 7.47. The quantitative estimate of drug-likeness (QED) is 0.711. The number of carbonyl (C=O) groups excluding carboxylic acids is 1. The molecule has 3 aliphatic heterocycles. The maximum atomic E-state index is 13.8. The average Bonchev–Trinajstić information content (AvgIpc) is 3.44. The monoisotopic (exact) mass is 422 g/mol. The van der Waals surface area contributed by atoms with Crippen LogP contribution in [0.1, 0.15) is 36.4 Å². The van der Waals surface area contributed by atoms with Gasteiger partial charge in [0.15, 0.2) is 11.5 Å². The number of rotatable bonds is 6. The molecule has 0 saturated carbocycles. The SMILES string of the molecule is COc1ccccc1CN1C[C@@H]2C[C@@H](c3cccc(OC)c3OC)N3CCC[C@@]23C1=O. The molecule has 0 aliphatic carbocycles. The topological polar surface area (TPSA) is 51.2 Å². The first-order valence-corrected chi connectivity index (χ1v) is 11.0. The van der Waals surface area contributed by atoms with E-state index in [9.17, 15) is 4.79 Å². The van der Waals surface area contributed by atoms with E-state index < -0.39 is 0 Å². The molecular weight excluding hydrogens is 392 g/mol. The van der Waals surface area contributed by atoms with Gasteiger partial charge in [-0.15, -0.1) is 0 Å². The standard InChI is InChI=1S/C25H30N2O4/c1-29-21-10-5-4-8-17(21)15-26-16-18-14-20(27-13-7-12-25(18,27)24(26)28)19-9-6-11-22(30-2)23(19)31-3/h4-6,8-11,18,20H,7,12-16H2,1-3H3/t18-,20-,25-/m0/s1. The summed E-state index contributed by atoms with van der Waals surface area (Å²) in [5.74, 6) is 2.96. The van der Waals surface area contributed by atoms with Crippen LogP contribution in [0, 0.1) is 5.92 Å². The minimum Gasteiger partial charge on any atom is -0.496 e. The molecule has 6 heteroatoms. The summed E-state index contributed by atoms with van der Waals surface area (Å²) in [4.78, 5) is 18.3. The Morgan fingerprint density at radius 3 is 2.55 bits per heavy atom. The van der Waals surface area contributed by atoms with E-state index in [2.05, 4.69) is 11.0 Å². The van der Waals surface area contributed by atoms with Crippen molar-refractivity contribution in [2.24, 2.45) is 5.92 Å². The van der Waals surface area contributed by atoms with Crippen molar-refractivity contribution in [1.82, 2.24) is 9.80 Å². The summed E-state index contributed by atoms with van der Waals surface area (Å²) in [5.41, 5.74) is 1.80. The lowest BCUT2D eigenvalue weighted by atomic mass is 9.85. The first kappa shape index (κ1) is 20.2. The van der Waals surface area contributed by atoms with Gasteiger partial charge in [-0.05, 0) is 37.9 Å². The maximum absolute atomic E-state index is 13.8. The van der Waals surface area contributed by atoms with Gasteiger partial charge in [-0.25, -0.2) is 0 Å². The van der Waals surface area contributed by atoms with Crippen LogP contribution >= 0.6 is 0 Å². The van der Waals surface area contributed by atoms with Gasteiger partial charge in [0.2, 0.25) is 5.91 Å². The normalized spacial score (nSPS) is 27.3. The Bertz CT molecular complexity index is 993. The van der Waals surface area contributed by atoms with Crippen molar-refractivity contribution >= 4 is 5.91 Å². The highest BCUT2D eigenvalue weighted by Gasteiger charge is 2.65. The molecule has 2 aromatic carbocycles. The number of para-hydroxylation sites is 2. The van der Waals surface area contributed by atoms with Gasteiger partial charge in [0, 0.05) is 36.2 Å². The molecule has 3 saturated heterocycles. The summed E-state index contributed by atoms with van der Waals surface area (Å²) in [5, 5.41) is 0. The summed E-state index contributed by atoms with van der Waals surface area (Å²) in [6.45, 7) is 2.33. The summed E-state index contributed by atoms with van der Waals surface area (Å²) in [7, 11) is 5.04. The van der Waals surface area contributed by atoms with Crippen LogP contribution < -0.4 is 14.2 Å². The summed E-state index contributed by atoms with van der Waals surface area (Å²) < 4.78 is 16.8. The van der Waals surface area contributed by atoms with Crippen molar-refractivity contribution in [3.63, 3.8) is 0 Å². The molecule has 6 nitrogen and oxygen atoms in total. The Morgan fingerprint density at radius 2 is 1.77 bits per heavy atom. The number of likely N-dealkylation sites (tertiary alicyclic amines) is 1. The minimum atomic E-state index is -0.388. The van der Waals surface area contributed by atoms with Gasteiger partial charge in [-0.3, -0.25) is 9.69 Å². The molecule has 1 amide bonds. The second-order valence-corrected chi connectivity index (χ2v) is 8.75. The molecule has 3 atom stereocenters. The smallest absolute Gasteiger partial charge is 0.243 e. The number of amides is 1. The first-order valence-electron chi connectivity index (χ1n) is 11.0.